The van der Waals surface area contributed by atoms with Gasteiger partial charge in [-0.05, 0) is 30.5 Å². The van der Waals surface area contributed by atoms with E-state index in [-0.39, 0.29) is 0 Å². The van der Waals surface area contributed by atoms with E-state index in [9.17, 15) is 0 Å². The van der Waals surface area contributed by atoms with Gasteiger partial charge in [0.25, 0.3) is 11.1 Å². The fraction of sp³-hybridized carbons (Fsp3) is 0.263. The van der Waals surface area contributed by atoms with E-state index in [0.717, 1.165) is 24.2 Å². The van der Waals surface area contributed by atoms with Gasteiger partial charge in [0.2, 0.25) is 0 Å². The summed E-state index contributed by atoms with van der Waals surface area (Å²) in [6.45, 7) is 2.18. The van der Waals surface area contributed by atoms with Gasteiger partial charge in [0, 0.05) is 5.25 Å². The lowest BCUT2D eigenvalue weighted by atomic mass is 10.1. The summed E-state index contributed by atoms with van der Waals surface area (Å²) in [5, 5.41) is 9.30. The highest BCUT2D eigenvalue weighted by molar-refractivity contribution is 7.99. The molecule has 0 fully saturated rings. The van der Waals surface area contributed by atoms with Crippen LogP contribution < -0.4 is 4.74 Å². The number of aryl methyl sites for hydroxylation is 1. The molecule has 0 spiro atoms. The van der Waals surface area contributed by atoms with Crippen LogP contribution in [0.4, 0.5) is 0 Å². The van der Waals surface area contributed by atoms with Gasteiger partial charge in [-0.15, -0.1) is 10.2 Å². The monoisotopic (exact) mass is 340 g/mol. The van der Waals surface area contributed by atoms with Crippen LogP contribution in [0.1, 0.15) is 18.9 Å². The predicted octanol–water partition coefficient (Wildman–Crippen LogP) is 4.86. The molecule has 3 rings (SSSR count). The second-order valence-electron chi connectivity index (χ2n) is 5.53. The van der Waals surface area contributed by atoms with E-state index in [1.165, 1.54) is 5.56 Å². The largest absolute Gasteiger partial charge is 0.496 e. The fourth-order valence-electron chi connectivity index (χ4n) is 2.43. The minimum atomic E-state index is 0.399. The Bertz CT molecular complexity index is 774. The first-order valence-corrected chi connectivity index (χ1v) is 8.81. The van der Waals surface area contributed by atoms with E-state index in [1.54, 1.807) is 18.9 Å². The van der Waals surface area contributed by atoms with Crippen molar-refractivity contribution in [2.24, 2.45) is 0 Å². The van der Waals surface area contributed by atoms with Crippen LogP contribution in [-0.4, -0.2) is 22.6 Å². The van der Waals surface area contributed by atoms with Crippen LogP contribution in [0.2, 0.25) is 0 Å². The topological polar surface area (TPSA) is 48.2 Å². The first kappa shape index (κ1) is 16.6. The van der Waals surface area contributed by atoms with E-state index >= 15 is 0 Å². The molecule has 5 heteroatoms. The average molecular weight is 340 g/mol. The molecule has 4 nitrogen and oxygen atoms in total. The molecule has 2 aromatic carbocycles. The van der Waals surface area contributed by atoms with Gasteiger partial charge in [0.05, 0.1) is 12.7 Å². The van der Waals surface area contributed by atoms with Gasteiger partial charge in [-0.1, -0.05) is 61.2 Å². The maximum Gasteiger partial charge on any atom is 0.277 e. The normalized spacial score (nSPS) is 12.1. The summed E-state index contributed by atoms with van der Waals surface area (Å²) < 4.78 is 11.1. The number of rotatable bonds is 7. The first-order valence-electron chi connectivity index (χ1n) is 7.93. The van der Waals surface area contributed by atoms with Gasteiger partial charge in [-0.3, -0.25) is 0 Å². The van der Waals surface area contributed by atoms with Crippen molar-refractivity contribution in [1.29, 1.82) is 0 Å². The molecule has 0 aliphatic rings. The number of para-hydroxylation sites is 1. The van der Waals surface area contributed by atoms with Crippen LogP contribution in [0.15, 0.2) is 64.2 Å². The zero-order valence-electron chi connectivity index (χ0n) is 13.8. The summed E-state index contributed by atoms with van der Waals surface area (Å²) in [5.41, 5.74) is 2.17. The van der Waals surface area contributed by atoms with Crippen LogP contribution in [0, 0.1) is 0 Å². The van der Waals surface area contributed by atoms with E-state index in [4.69, 9.17) is 9.15 Å². The highest BCUT2D eigenvalue weighted by atomic mass is 32.2. The van der Waals surface area contributed by atoms with Gasteiger partial charge >= 0.3 is 0 Å². The molecule has 0 radical (unpaired) electrons. The molecule has 0 aliphatic heterocycles. The summed E-state index contributed by atoms with van der Waals surface area (Å²) in [5.74, 6) is 1.22. The molecule has 0 aliphatic carbocycles. The Morgan fingerprint density at radius 3 is 2.58 bits per heavy atom. The Labute approximate surface area is 146 Å². The number of benzene rings is 2. The second-order valence-corrected chi connectivity index (χ2v) is 6.92. The number of nitrogens with zero attached hydrogens (tertiary/aromatic N) is 2. The fourth-order valence-corrected chi connectivity index (χ4v) is 3.23. The lowest BCUT2D eigenvalue weighted by Crippen LogP contribution is -1.98. The van der Waals surface area contributed by atoms with Crippen molar-refractivity contribution in [1.82, 2.24) is 10.2 Å². The number of ether oxygens (including phenoxy) is 1. The third-order valence-corrected chi connectivity index (χ3v) is 4.73. The van der Waals surface area contributed by atoms with Crippen molar-refractivity contribution in [3.05, 3.63) is 60.2 Å². The van der Waals surface area contributed by atoms with Gasteiger partial charge in [-0.2, -0.15) is 0 Å². The number of hydrogen-bond acceptors (Lipinski definition) is 5. The molecule has 1 heterocycles. The Kier molecular flexibility index (Phi) is 5.54. The van der Waals surface area contributed by atoms with Crippen LogP contribution >= 0.6 is 11.8 Å². The number of hydrogen-bond donors (Lipinski definition) is 0. The Morgan fingerprint density at radius 2 is 1.79 bits per heavy atom. The summed E-state index contributed by atoms with van der Waals surface area (Å²) in [7, 11) is 1.64. The molecular weight excluding hydrogens is 320 g/mol. The maximum atomic E-state index is 5.80. The van der Waals surface area contributed by atoms with Crippen LogP contribution in [-0.2, 0) is 6.42 Å². The molecule has 1 unspecified atom stereocenters. The van der Waals surface area contributed by atoms with Crippen molar-refractivity contribution in [3.63, 3.8) is 0 Å². The lowest BCUT2D eigenvalue weighted by molar-refractivity contribution is 0.411. The van der Waals surface area contributed by atoms with E-state index < -0.39 is 0 Å². The highest BCUT2D eigenvalue weighted by Crippen LogP contribution is 2.32. The predicted molar refractivity (Wildman–Crippen MR) is 96.4 cm³/mol. The van der Waals surface area contributed by atoms with Crippen molar-refractivity contribution in [3.8, 4) is 17.2 Å². The Balaban J connectivity index is 1.61. The first-order chi connectivity index (χ1) is 11.8. The number of thioether (sulfide) groups is 1. The average Bonchev–Trinajstić information content (AvgIpc) is 3.09. The molecule has 3 aromatic rings. The zero-order chi connectivity index (χ0) is 16.8. The minimum Gasteiger partial charge on any atom is -0.496 e. The van der Waals surface area contributed by atoms with Crippen molar-refractivity contribution < 1.29 is 9.15 Å². The zero-order valence-corrected chi connectivity index (χ0v) is 14.6. The summed E-state index contributed by atoms with van der Waals surface area (Å²) in [6, 6.07) is 18.1. The molecule has 0 saturated carbocycles. The molecule has 124 valence electrons. The van der Waals surface area contributed by atoms with Crippen LogP contribution in [0.3, 0.4) is 0 Å². The minimum absolute atomic E-state index is 0.399. The summed E-state index contributed by atoms with van der Waals surface area (Å²) in [6.07, 6.45) is 2.10. The van der Waals surface area contributed by atoms with Gasteiger partial charge in [0.15, 0.2) is 0 Å². The second kappa shape index (κ2) is 8.02. The van der Waals surface area contributed by atoms with Crippen molar-refractivity contribution >= 4 is 11.8 Å². The van der Waals surface area contributed by atoms with Crippen LogP contribution in [0.25, 0.3) is 11.5 Å². The lowest BCUT2D eigenvalue weighted by Gasteiger charge is -2.08. The highest BCUT2D eigenvalue weighted by Gasteiger charge is 2.15. The molecular formula is C19H20N2O2S. The molecule has 0 N–H and O–H groups in total. The Morgan fingerprint density at radius 1 is 1.04 bits per heavy atom. The summed E-state index contributed by atoms with van der Waals surface area (Å²) >= 11 is 1.61. The summed E-state index contributed by atoms with van der Waals surface area (Å²) in [4.78, 5) is 0. The number of aromatic nitrogens is 2. The van der Waals surface area contributed by atoms with Gasteiger partial charge < -0.3 is 9.15 Å². The third kappa shape index (κ3) is 4.17. The molecule has 24 heavy (non-hydrogen) atoms. The van der Waals surface area contributed by atoms with Gasteiger partial charge in [-0.25, -0.2) is 0 Å². The van der Waals surface area contributed by atoms with Crippen molar-refractivity contribution in [2.45, 2.75) is 30.2 Å². The standard InChI is InChI=1S/C19H20N2O2S/c1-14(12-13-15-8-4-3-5-9-15)24-19-21-20-18(23-19)16-10-6-7-11-17(16)22-2/h3-11,14H,12-13H2,1-2H3. The SMILES string of the molecule is COc1ccccc1-c1nnc(SC(C)CCc2ccccc2)o1. The smallest absolute Gasteiger partial charge is 0.277 e. The quantitative estimate of drug-likeness (QED) is 0.575. The number of methoxy groups -OCH3 is 1. The van der Waals surface area contributed by atoms with Crippen molar-refractivity contribution in [2.75, 3.05) is 7.11 Å². The molecule has 1 aromatic heterocycles. The van der Waals surface area contributed by atoms with E-state index in [0.29, 0.717) is 16.4 Å². The molecule has 1 atom stereocenters. The Hall–Kier alpha value is -2.27. The molecule has 0 saturated heterocycles. The van der Waals surface area contributed by atoms with E-state index in [1.807, 2.05) is 30.3 Å². The molecule has 0 bridgehead atoms. The van der Waals surface area contributed by atoms with Crippen LogP contribution in [0.5, 0.6) is 5.75 Å². The third-order valence-electron chi connectivity index (χ3n) is 3.73. The molecule has 0 amide bonds. The maximum absolute atomic E-state index is 5.80. The van der Waals surface area contributed by atoms with Gasteiger partial charge in [0.1, 0.15) is 5.75 Å². The van der Waals surface area contributed by atoms with E-state index in [2.05, 4.69) is 41.4 Å².